The van der Waals surface area contributed by atoms with Gasteiger partial charge in [0.2, 0.25) is 0 Å². The quantitative estimate of drug-likeness (QED) is 0.537. The van der Waals surface area contributed by atoms with Gasteiger partial charge in [0.1, 0.15) is 11.5 Å². The molecule has 5 nitrogen and oxygen atoms in total. The summed E-state index contributed by atoms with van der Waals surface area (Å²) in [5.41, 5.74) is 1.10. The molecule has 0 radical (unpaired) electrons. The van der Waals surface area contributed by atoms with Crippen molar-refractivity contribution < 1.29 is 8.92 Å². The van der Waals surface area contributed by atoms with Crippen LogP contribution in [0.4, 0.5) is 0 Å². The monoisotopic (exact) mass is 413 g/mol. The van der Waals surface area contributed by atoms with Gasteiger partial charge in [0.25, 0.3) is 0 Å². The Morgan fingerprint density at radius 1 is 1.03 bits per heavy atom. The van der Waals surface area contributed by atoms with Crippen LogP contribution in [0.25, 0.3) is 0 Å². The van der Waals surface area contributed by atoms with Gasteiger partial charge in [-0.2, -0.15) is 0 Å². The fourth-order valence-corrected chi connectivity index (χ4v) is 4.88. The molecule has 29 heavy (non-hydrogen) atoms. The highest BCUT2D eigenvalue weighted by atomic mass is 32.1. The van der Waals surface area contributed by atoms with Crippen LogP contribution in [-0.4, -0.2) is 47.0 Å². The fraction of sp³-hybridized carbons (Fsp3) is 0.522. The number of pyridine rings is 1. The zero-order chi connectivity index (χ0) is 20.1. The van der Waals surface area contributed by atoms with Crippen molar-refractivity contribution >= 4 is 12.9 Å². The van der Waals surface area contributed by atoms with Crippen LogP contribution in [0.5, 0.6) is 11.5 Å². The van der Waals surface area contributed by atoms with Crippen LogP contribution in [-0.2, 0) is 4.18 Å². The minimum Gasteiger partial charge on any atom is -0.456 e. The van der Waals surface area contributed by atoms with Gasteiger partial charge >= 0.3 is 0 Å². The van der Waals surface area contributed by atoms with Gasteiger partial charge < -0.3 is 9.64 Å². The van der Waals surface area contributed by atoms with Crippen LogP contribution in [0.15, 0.2) is 48.8 Å². The lowest BCUT2D eigenvalue weighted by molar-refractivity contribution is -0.00284. The zero-order valence-corrected chi connectivity index (χ0v) is 18.0. The third-order valence-corrected chi connectivity index (χ3v) is 6.37. The second-order valence-corrected chi connectivity index (χ2v) is 8.54. The molecule has 0 bridgehead atoms. The minimum atomic E-state index is -0.132. The third kappa shape index (κ3) is 5.31. The van der Waals surface area contributed by atoms with Crippen LogP contribution in [0.1, 0.15) is 44.4 Å². The Labute approximate surface area is 179 Å². The van der Waals surface area contributed by atoms with E-state index >= 15 is 0 Å². The zero-order valence-electron chi connectivity index (χ0n) is 17.1. The highest BCUT2D eigenvalue weighted by Crippen LogP contribution is 2.31. The van der Waals surface area contributed by atoms with E-state index in [4.69, 9.17) is 8.92 Å². The van der Waals surface area contributed by atoms with E-state index in [9.17, 15) is 0 Å². The maximum atomic E-state index is 5.84. The molecule has 0 aliphatic carbocycles. The maximum absolute atomic E-state index is 5.84. The van der Waals surface area contributed by atoms with Crippen molar-refractivity contribution in [1.29, 1.82) is 0 Å². The van der Waals surface area contributed by atoms with E-state index in [0.717, 1.165) is 36.1 Å². The molecular weight excluding hydrogens is 382 g/mol. The van der Waals surface area contributed by atoms with Crippen LogP contribution in [0, 0.1) is 5.92 Å². The number of piperidine rings is 2. The number of nitrogens with zero attached hydrogens (tertiary/aromatic N) is 3. The Kier molecular flexibility index (Phi) is 7.08. The molecule has 6 heteroatoms. The second-order valence-electron chi connectivity index (χ2n) is 8.33. The van der Waals surface area contributed by atoms with Gasteiger partial charge in [0, 0.05) is 31.9 Å². The minimum absolute atomic E-state index is 0.132. The Balaban J connectivity index is 1.34. The average Bonchev–Trinajstić information content (AvgIpc) is 2.77. The molecule has 2 aromatic rings. The molecule has 2 aliphatic rings. The molecule has 2 fully saturated rings. The van der Waals surface area contributed by atoms with Crippen LogP contribution >= 0.6 is 12.9 Å². The smallest absolute Gasteiger partial charge is 0.150 e. The summed E-state index contributed by atoms with van der Waals surface area (Å²) in [6.45, 7) is 6.98. The molecule has 4 rings (SSSR count). The topological polar surface area (TPSA) is 37.8 Å². The van der Waals surface area contributed by atoms with E-state index in [-0.39, 0.29) is 6.23 Å². The summed E-state index contributed by atoms with van der Waals surface area (Å²) < 4.78 is 11.4. The fourth-order valence-electron chi connectivity index (χ4n) is 4.63. The number of likely N-dealkylation sites (tertiary alicyclic amines) is 2. The van der Waals surface area contributed by atoms with Crippen molar-refractivity contribution in [2.75, 3.05) is 26.2 Å². The average molecular weight is 414 g/mol. The van der Waals surface area contributed by atoms with E-state index in [1.54, 1.807) is 12.4 Å². The number of rotatable bonds is 6. The van der Waals surface area contributed by atoms with Gasteiger partial charge in [-0.15, -0.1) is 0 Å². The van der Waals surface area contributed by atoms with E-state index in [1.807, 2.05) is 24.3 Å². The first-order chi connectivity index (χ1) is 14.2. The Morgan fingerprint density at radius 3 is 2.48 bits per heavy atom. The van der Waals surface area contributed by atoms with Crippen molar-refractivity contribution in [3.05, 3.63) is 54.4 Å². The number of hydrogen-bond donors (Lipinski definition) is 1. The van der Waals surface area contributed by atoms with Crippen LogP contribution in [0.3, 0.4) is 0 Å². The summed E-state index contributed by atoms with van der Waals surface area (Å²) in [5, 5.41) is 0. The molecule has 2 aliphatic heterocycles. The molecule has 2 saturated heterocycles. The van der Waals surface area contributed by atoms with E-state index in [0.29, 0.717) is 6.04 Å². The van der Waals surface area contributed by atoms with Crippen molar-refractivity contribution in [1.82, 2.24) is 14.8 Å². The predicted molar refractivity (Wildman–Crippen MR) is 118 cm³/mol. The molecule has 2 atom stereocenters. The molecule has 2 unspecified atom stereocenters. The first-order valence-corrected chi connectivity index (χ1v) is 11.1. The summed E-state index contributed by atoms with van der Waals surface area (Å²) >= 11 is 4.19. The van der Waals surface area contributed by atoms with Crippen molar-refractivity contribution in [2.24, 2.45) is 5.92 Å². The largest absolute Gasteiger partial charge is 0.456 e. The molecule has 0 saturated carbocycles. The summed E-state index contributed by atoms with van der Waals surface area (Å²) in [6.07, 6.45) is 8.43. The third-order valence-electron chi connectivity index (χ3n) is 6.17. The second kappa shape index (κ2) is 9.94. The maximum Gasteiger partial charge on any atom is 0.150 e. The number of ether oxygens (including phenoxy) is 1. The standard InChI is InChI=1S/C23H31N3O2S/c1-18-4-3-13-26(17-18)20-10-14-25(15-11-20)23(28-29)19-6-8-21(9-7-19)27-22-5-2-12-24-16-22/h2,5-9,12,16,18,20,23,29H,3-4,10-11,13-15,17H2,1H3. The summed E-state index contributed by atoms with van der Waals surface area (Å²) in [6, 6.07) is 12.5. The highest BCUT2D eigenvalue weighted by molar-refractivity contribution is 7.75. The van der Waals surface area contributed by atoms with Crippen LogP contribution < -0.4 is 4.74 Å². The number of thiol groups is 1. The Morgan fingerprint density at radius 2 is 1.83 bits per heavy atom. The van der Waals surface area contributed by atoms with Crippen molar-refractivity contribution in [3.63, 3.8) is 0 Å². The number of hydrogen-bond acceptors (Lipinski definition) is 6. The van der Waals surface area contributed by atoms with Gasteiger partial charge in [-0.1, -0.05) is 19.1 Å². The molecular formula is C23H31N3O2S. The van der Waals surface area contributed by atoms with E-state index in [2.05, 4.69) is 46.7 Å². The lowest BCUT2D eigenvalue weighted by Gasteiger charge is -2.43. The first-order valence-electron chi connectivity index (χ1n) is 10.7. The van der Waals surface area contributed by atoms with Gasteiger partial charge in [0.05, 0.1) is 6.20 Å². The predicted octanol–water partition coefficient (Wildman–Crippen LogP) is 4.93. The molecule has 0 amide bonds. The van der Waals surface area contributed by atoms with Crippen molar-refractivity contribution in [2.45, 2.75) is 44.9 Å². The number of aromatic nitrogens is 1. The summed E-state index contributed by atoms with van der Waals surface area (Å²) in [5.74, 6) is 2.36. The molecule has 0 spiro atoms. The normalized spacial score (nSPS) is 23.0. The molecule has 0 N–H and O–H groups in total. The molecule has 1 aromatic heterocycles. The van der Waals surface area contributed by atoms with Gasteiger partial charge in [-0.05, 0) is 80.9 Å². The molecule has 156 valence electrons. The van der Waals surface area contributed by atoms with Crippen LogP contribution in [0.2, 0.25) is 0 Å². The summed E-state index contributed by atoms with van der Waals surface area (Å²) in [7, 11) is 0. The van der Waals surface area contributed by atoms with E-state index < -0.39 is 0 Å². The molecule has 3 heterocycles. The number of benzene rings is 1. The van der Waals surface area contributed by atoms with E-state index in [1.165, 1.54) is 38.8 Å². The SMILES string of the molecule is CC1CCCN(C2CCN(C(OS)c3ccc(Oc4cccnc4)cc3)CC2)C1. The highest BCUT2D eigenvalue weighted by Gasteiger charge is 2.31. The molecule has 1 aromatic carbocycles. The first kappa shape index (κ1) is 20.7. The lowest BCUT2D eigenvalue weighted by Crippen LogP contribution is -2.48. The van der Waals surface area contributed by atoms with Crippen molar-refractivity contribution in [3.8, 4) is 11.5 Å². The van der Waals surface area contributed by atoms with Gasteiger partial charge in [0.15, 0.2) is 6.23 Å². The summed E-state index contributed by atoms with van der Waals surface area (Å²) in [4.78, 5) is 9.19. The Hall–Kier alpha value is -1.60. The van der Waals surface area contributed by atoms with Gasteiger partial charge in [-0.25, -0.2) is 0 Å². The van der Waals surface area contributed by atoms with Gasteiger partial charge in [-0.3, -0.25) is 14.1 Å². The lowest BCUT2D eigenvalue weighted by atomic mass is 9.95. The Bertz CT molecular complexity index is 750.